The Morgan fingerprint density at radius 3 is 2.09 bits per heavy atom. The van der Waals surface area contributed by atoms with Gasteiger partial charge in [-0.15, -0.1) is 0 Å². The summed E-state index contributed by atoms with van der Waals surface area (Å²) in [6, 6.07) is 12.2. The molecule has 1 fully saturated rings. The molecule has 0 unspecified atom stereocenters. The largest absolute Gasteiger partial charge is 0.493 e. The van der Waals surface area contributed by atoms with Crippen LogP contribution < -0.4 is 10.1 Å². The average Bonchev–Trinajstić information content (AvgIpc) is 2.81. The summed E-state index contributed by atoms with van der Waals surface area (Å²) in [6.45, 7) is 1.28. The highest BCUT2D eigenvalue weighted by atomic mass is 19.4. The molecule has 0 aliphatic carbocycles. The molecule has 172 valence electrons. The van der Waals surface area contributed by atoms with Crippen molar-refractivity contribution in [3.8, 4) is 16.9 Å². The van der Waals surface area contributed by atoms with E-state index in [-0.39, 0.29) is 18.4 Å². The van der Waals surface area contributed by atoms with Crippen LogP contribution in [0.25, 0.3) is 11.1 Å². The van der Waals surface area contributed by atoms with Crippen molar-refractivity contribution in [1.29, 1.82) is 0 Å². The smallest absolute Gasteiger partial charge is 0.416 e. The van der Waals surface area contributed by atoms with E-state index in [0.717, 1.165) is 30.5 Å². The Morgan fingerprint density at radius 2 is 1.56 bits per heavy atom. The van der Waals surface area contributed by atoms with Crippen molar-refractivity contribution in [2.75, 3.05) is 33.4 Å². The van der Waals surface area contributed by atoms with Crippen molar-refractivity contribution < 1.29 is 32.2 Å². The lowest BCUT2D eigenvalue weighted by atomic mass is 9.98. The number of amides is 2. The predicted octanol–water partition coefficient (Wildman–Crippen LogP) is 4.35. The minimum Gasteiger partial charge on any atom is -0.493 e. The monoisotopic (exact) mass is 450 g/mol. The van der Waals surface area contributed by atoms with E-state index < -0.39 is 17.8 Å². The van der Waals surface area contributed by atoms with E-state index >= 15 is 0 Å². The van der Waals surface area contributed by atoms with Crippen LogP contribution in [-0.4, -0.2) is 50.3 Å². The van der Waals surface area contributed by atoms with Crippen LogP contribution in [0.2, 0.25) is 0 Å². The Kier molecular flexibility index (Phi) is 7.61. The Balaban J connectivity index is 1.44. The molecule has 0 atom stereocenters. The lowest BCUT2D eigenvalue weighted by Gasteiger charge is -2.31. The van der Waals surface area contributed by atoms with Crippen molar-refractivity contribution in [3.05, 3.63) is 54.1 Å². The maximum atomic E-state index is 12.7. The van der Waals surface area contributed by atoms with Gasteiger partial charge >= 0.3 is 12.3 Å². The standard InChI is InChI=1S/C23H25F3N2O4/c1-27-21(29)15-32-22(30)28-12-10-16(11-13-28)14-31-20-8-4-18(5-9-20)17-2-6-19(7-3-17)23(24,25)26/h2-9,16H,10-15H2,1H3,(H,27,29). The molecule has 3 rings (SSSR count). The number of ether oxygens (including phenoxy) is 2. The van der Waals surface area contributed by atoms with Crippen molar-refractivity contribution in [1.82, 2.24) is 10.2 Å². The van der Waals surface area contributed by atoms with Gasteiger partial charge in [0.2, 0.25) is 0 Å². The molecule has 6 nitrogen and oxygen atoms in total. The third kappa shape index (κ3) is 6.38. The van der Waals surface area contributed by atoms with E-state index in [0.29, 0.717) is 31.0 Å². The normalized spacial score (nSPS) is 14.7. The lowest BCUT2D eigenvalue weighted by Crippen LogP contribution is -2.41. The Bertz CT molecular complexity index is 906. The topological polar surface area (TPSA) is 67.9 Å². The molecule has 0 aromatic heterocycles. The number of benzene rings is 2. The molecule has 32 heavy (non-hydrogen) atoms. The molecule has 0 spiro atoms. The van der Waals surface area contributed by atoms with Crippen LogP contribution in [-0.2, 0) is 15.7 Å². The van der Waals surface area contributed by atoms with E-state index in [1.54, 1.807) is 17.0 Å². The average molecular weight is 450 g/mol. The molecule has 1 N–H and O–H groups in total. The summed E-state index contributed by atoms with van der Waals surface area (Å²) in [7, 11) is 1.48. The van der Waals surface area contributed by atoms with Crippen LogP contribution in [0.3, 0.4) is 0 Å². The molecule has 2 aromatic rings. The zero-order valence-corrected chi connectivity index (χ0v) is 17.7. The van der Waals surface area contributed by atoms with E-state index in [2.05, 4.69) is 5.32 Å². The SMILES string of the molecule is CNC(=O)COC(=O)N1CCC(COc2ccc(-c3ccc(C(F)(F)F)cc3)cc2)CC1. The molecule has 2 amide bonds. The zero-order valence-electron chi connectivity index (χ0n) is 17.7. The second-order valence-corrected chi connectivity index (χ2v) is 7.57. The van der Waals surface area contributed by atoms with Crippen molar-refractivity contribution in [2.45, 2.75) is 19.0 Å². The quantitative estimate of drug-likeness (QED) is 0.711. The van der Waals surface area contributed by atoms with Crippen LogP contribution in [0.15, 0.2) is 48.5 Å². The number of halogens is 3. The predicted molar refractivity (Wildman–Crippen MR) is 112 cm³/mol. The maximum absolute atomic E-state index is 12.7. The number of piperidine rings is 1. The van der Waals surface area contributed by atoms with Gasteiger partial charge < -0.3 is 19.7 Å². The van der Waals surface area contributed by atoms with Crippen LogP contribution in [0.1, 0.15) is 18.4 Å². The van der Waals surface area contributed by atoms with Crippen LogP contribution >= 0.6 is 0 Å². The summed E-state index contributed by atoms with van der Waals surface area (Å²) in [5.74, 6) is 0.603. The minimum atomic E-state index is -4.35. The molecule has 2 aromatic carbocycles. The summed E-state index contributed by atoms with van der Waals surface area (Å²) in [6.07, 6.45) is -3.32. The first-order chi connectivity index (χ1) is 15.3. The molecule has 0 saturated carbocycles. The van der Waals surface area contributed by atoms with Gasteiger partial charge in [0.05, 0.1) is 12.2 Å². The Labute approximate surface area is 184 Å². The summed E-state index contributed by atoms with van der Waals surface area (Å²) in [4.78, 5) is 24.7. The fourth-order valence-electron chi connectivity index (χ4n) is 3.38. The van der Waals surface area contributed by atoms with Gasteiger partial charge in [-0.2, -0.15) is 13.2 Å². The molecule has 1 heterocycles. The highest BCUT2D eigenvalue weighted by Crippen LogP contribution is 2.31. The lowest BCUT2D eigenvalue weighted by molar-refractivity contribution is -0.137. The molecular weight excluding hydrogens is 425 g/mol. The van der Waals surface area contributed by atoms with Gasteiger partial charge in [-0.1, -0.05) is 24.3 Å². The zero-order chi connectivity index (χ0) is 23.1. The van der Waals surface area contributed by atoms with Crippen molar-refractivity contribution >= 4 is 12.0 Å². The second kappa shape index (κ2) is 10.4. The van der Waals surface area contributed by atoms with Gasteiger partial charge in [0, 0.05) is 20.1 Å². The molecule has 1 aliphatic heterocycles. The van der Waals surface area contributed by atoms with Gasteiger partial charge in [-0.05, 0) is 54.2 Å². The van der Waals surface area contributed by atoms with Gasteiger partial charge in [0.25, 0.3) is 5.91 Å². The van der Waals surface area contributed by atoms with Crippen LogP contribution in [0.5, 0.6) is 5.75 Å². The third-order valence-electron chi connectivity index (χ3n) is 5.36. The molecule has 0 radical (unpaired) electrons. The van der Waals surface area contributed by atoms with E-state index in [9.17, 15) is 22.8 Å². The molecule has 0 bridgehead atoms. The molecule has 9 heteroatoms. The number of nitrogens with zero attached hydrogens (tertiary/aromatic N) is 1. The number of hydrogen-bond acceptors (Lipinski definition) is 4. The van der Waals surface area contributed by atoms with Gasteiger partial charge in [-0.3, -0.25) is 4.79 Å². The summed E-state index contributed by atoms with van der Waals surface area (Å²) in [5, 5.41) is 2.39. The fourth-order valence-corrected chi connectivity index (χ4v) is 3.38. The number of alkyl halides is 3. The van der Waals surface area contributed by atoms with Crippen molar-refractivity contribution in [2.24, 2.45) is 5.92 Å². The van der Waals surface area contributed by atoms with Crippen LogP contribution in [0.4, 0.5) is 18.0 Å². The highest BCUT2D eigenvalue weighted by molar-refractivity contribution is 5.79. The first-order valence-electron chi connectivity index (χ1n) is 10.3. The first-order valence-corrected chi connectivity index (χ1v) is 10.3. The van der Waals surface area contributed by atoms with E-state index in [1.807, 2.05) is 12.1 Å². The van der Waals surface area contributed by atoms with Gasteiger partial charge in [-0.25, -0.2) is 4.79 Å². The number of rotatable bonds is 6. The number of likely N-dealkylation sites (N-methyl/N-ethyl adjacent to an activating group) is 1. The number of carbonyl (C=O) groups is 2. The number of carbonyl (C=O) groups excluding carboxylic acids is 2. The van der Waals surface area contributed by atoms with E-state index in [4.69, 9.17) is 9.47 Å². The number of nitrogens with one attached hydrogen (secondary N) is 1. The molecule has 1 saturated heterocycles. The third-order valence-corrected chi connectivity index (χ3v) is 5.36. The first kappa shape index (κ1) is 23.4. The Hall–Kier alpha value is -3.23. The number of hydrogen-bond donors (Lipinski definition) is 1. The summed E-state index contributed by atoms with van der Waals surface area (Å²) >= 11 is 0. The maximum Gasteiger partial charge on any atom is 0.416 e. The summed E-state index contributed by atoms with van der Waals surface area (Å²) in [5.41, 5.74) is 0.821. The summed E-state index contributed by atoms with van der Waals surface area (Å²) < 4.78 is 48.9. The minimum absolute atomic E-state index is 0.285. The Morgan fingerprint density at radius 1 is 1.00 bits per heavy atom. The highest BCUT2D eigenvalue weighted by Gasteiger charge is 2.30. The molecular formula is C23H25F3N2O4. The fraction of sp³-hybridized carbons (Fsp3) is 0.391. The van der Waals surface area contributed by atoms with Crippen molar-refractivity contribution in [3.63, 3.8) is 0 Å². The van der Waals surface area contributed by atoms with E-state index in [1.165, 1.54) is 19.2 Å². The second-order valence-electron chi connectivity index (χ2n) is 7.57. The van der Waals surface area contributed by atoms with Gasteiger partial charge in [0.1, 0.15) is 5.75 Å². The van der Waals surface area contributed by atoms with Gasteiger partial charge in [0.15, 0.2) is 6.61 Å². The number of likely N-dealkylation sites (tertiary alicyclic amines) is 1. The molecule has 1 aliphatic rings. The van der Waals surface area contributed by atoms with Crippen LogP contribution in [0, 0.1) is 5.92 Å².